The standard InChI is InChI=1S/C12H14O4/c1-14-12(13)9-2-4-10(5-3-9)16-11-6-7-15-8-11/h2-5,11H,6-8H2,1H3/t11-/m1/s1. The van der Waals surface area contributed by atoms with Gasteiger partial charge in [0.1, 0.15) is 11.9 Å². The first-order valence-corrected chi connectivity index (χ1v) is 5.22. The fourth-order valence-electron chi connectivity index (χ4n) is 1.59. The van der Waals surface area contributed by atoms with Crippen molar-refractivity contribution >= 4 is 5.97 Å². The van der Waals surface area contributed by atoms with Gasteiger partial charge in [-0.05, 0) is 24.3 Å². The lowest BCUT2D eigenvalue weighted by molar-refractivity contribution is 0.0600. The Morgan fingerprint density at radius 1 is 1.38 bits per heavy atom. The van der Waals surface area contributed by atoms with Crippen LogP contribution in [0, 0.1) is 0 Å². The third-order valence-corrected chi connectivity index (χ3v) is 2.47. The molecule has 86 valence electrons. The maximum absolute atomic E-state index is 11.2. The number of hydrogen-bond donors (Lipinski definition) is 0. The molecule has 0 aliphatic carbocycles. The number of esters is 1. The molecule has 0 N–H and O–H groups in total. The number of hydrogen-bond acceptors (Lipinski definition) is 4. The Morgan fingerprint density at radius 3 is 2.69 bits per heavy atom. The summed E-state index contributed by atoms with van der Waals surface area (Å²) >= 11 is 0. The number of benzene rings is 1. The highest BCUT2D eigenvalue weighted by Crippen LogP contribution is 2.17. The van der Waals surface area contributed by atoms with Gasteiger partial charge in [0.25, 0.3) is 0 Å². The normalized spacial score (nSPS) is 19.4. The van der Waals surface area contributed by atoms with Crippen molar-refractivity contribution in [2.45, 2.75) is 12.5 Å². The van der Waals surface area contributed by atoms with Gasteiger partial charge in [-0.1, -0.05) is 0 Å². The van der Waals surface area contributed by atoms with Crippen LogP contribution in [0.4, 0.5) is 0 Å². The highest BCUT2D eigenvalue weighted by atomic mass is 16.5. The average molecular weight is 222 g/mol. The first-order chi connectivity index (χ1) is 7.79. The third kappa shape index (κ3) is 2.52. The zero-order chi connectivity index (χ0) is 11.4. The second-order valence-electron chi connectivity index (χ2n) is 3.62. The lowest BCUT2D eigenvalue weighted by Gasteiger charge is -2.11. The summed E-state index contributed by atoms with van der Waals surface area (Å²) in [4.78, 5) is 11.2. The van der Waals surface area contributed by atoms with Crippen LogP contribution in [0.15, 0.2) is 24.3 Å². The number of carbonyl (C=O) groups excluding carboxylic acids is 1. The maximum Gasteiger partial charge on any atom is 0.337 e. The summed E-state index contributed by atoms with van der Waals surface area (Å²) in [5, 5.41) is 0. The van der Waals surface area contributed by atoms with Crippen LogP contribution in [0.25, 0.3) is 0 Å². The predicted molar refractivity (Wildman–Crippen MR) is 57.6 cm³/mol. The van der Waals surface area contributed by atoms with Crippen molar-refractivity contribution in [3.63, 3.8) is 0 Å². The third-order valence-electron chi connectivity index (χ3n) is 2.47. The quantitative estimate of drug-likeness (QED) is 0.729. The van der Waals surface area contributed by atoms with Crippen molar-refractivity contribution in [1.82, 2.24) is 0 Å². The van der Waals surface area contributed by atoms with E-state index in [0.29, 0.717) is 12.2 Å². The molecule has 0 saturated carbocycles. The Bertz CT molecular complexity index is 352. The van der Waals surface area contributed by atoms with Gasteiger partial charge >= 0.3 is 5.97 Å². The van der Waals surface area contributed by atoms with E-state index in [4.69, 9.17) is 9.47 Å². The summed E-state index contributed by atoms with van der Waals surface area (Å²) in [7, 11) is 1.36. The molecule has 4 nitrogen and oxygen atoms in total. The SMILES string of the molecule is COC(=O)c1ccc(O[C@@H]2CCOC2)cc1. The van der Waals surface area contributed by atoms with Gasteiger partial charge in [-0.2, -0.15) is 0 Å². The van der Waals surface area contributed by atoms with E-state index in [0.717, 1.165) is 18.8 Å². The zero-order valence-corrected chi connectivity index (χ0v) is 9.14. The molecule has 1 heterocycles. The minimum atomic E-state index is -0.337. The second kappa shape index (κ2) is 4.99. The average Bonchev–Trinajstić information content (AvgIpc) is 2.82. The summed E-state index contributed by atoms with van der Waals surface area (Å²) in [5.41, 5.74) is 0.525. The van der Waals surface area contributed by atoms with E-state index in [1.165, 1.54) is 7.11 Å². The van der Waals surface area contributed by atoms with Crippen molar-refractivity contribution in [3.8, 4) is 5.75 Å². The van der Waals surface area contributed by atoms with Crippen LogP contribution in [-0.4, -0.2) is 32.4 Å². The van der Waals surface area contributed by atoms with Crippen molar-refractivity contribution in [1.29, 1.82) is 0 Å². The van der Waals surface area contributed by atoms with Gasteiger partial charge in [0.15, 0.2) is 0 Å². The molecule has 1 fully saturated rings. The van der Waals surface area contributed by atoms with Gasteiger partial charge in [-0.15, -0.1) is 0 Å². The molecule has 0 radical (unpaired) electrons. The lowest BCUT2D eigenvalue weighted by atomic mass is 10.2. The fourth-order valence-corrected chi connectivity index (χ4v) is 1.59. The van der Waals surface area contributed by atoms with Gasteiger partial charge in [-0.25, -0.2) is 4.79 Å². The van der Waals surface area contributed by atoms with Crippen LogP contribution in [-0.2, 0) is 9.47 Å². The molecule has 1 aromatic carbocycles. The van der Waals surface area contributed by atoms with Crippen LogP contribution in [0.1, 0.15) is 16.8 Å². The lowest BCUT2D eigenvalue weighted by Crippen LogP contribution is -2.15. The van der Waals surface area contributed by atoms with E-state index in [9.17, 15) is 4.79 Å². The van der Waals surface area contributed by atoms with Crippen LogP contribution >= 0.6 is 0 Å². The molecular weight excluding hydrogens is 208 g/mol. The molecule has 0 aromatic heterocycles. The van der Waals surface area contributed by atoms with Gasteiger partial charge in [0.05, 0.1) is 25.9 Å². The molecule has 16 heavy (non-hydrogen) atoms. The van der Waals surface area contributed by atoms with E-state index in [-0.39, 0.29) is 12.1 Å². The highest BCUT2D eigenvalue weighted by Gasteiger charge is 2.17. The number of rotatable bonds is 3. The number of methoxy groups -OCH3 is 1. The molecule has 1 aliphatic heterocycles. The number of carbonyl (C=O) groups is 1. The summed E-state index contributed by atoms with van der Waals surface area (Å²) in [6.45, 7) is 1.39. The van der Waals surface area contributed by atoms with Gasteiger partial charge in [0, 0.05) is 6.42 Å². The number of ether oxygens (including phenoxy) is 3. The Morgan fingerprint density at radius 2 is 2.12 bits per heavy atom. The molecule has 1 atom stereocenters. The van der Waals surface area contributed by atoms with E-state index in [1.807, 2.05) is 0 Å². The molecule has 0 spiro atoms. The Kier molecular flexibility index (Phi) is 3.41. The Hall–Kier alpha value is -1.55. The van der Waals surface area contributed by atoms with Gasteiger partial charge in [-0.3, -0.25) is 0 Å². The maximum atomic E-state index is 11.2. The summed E-state index contributed by atoms with van der Waals surface area (Å²) in [5.74, 6) is 0.416. The highest BCUT2D eigenvalue weighted by molar-refractivity contribution is 5.89. The van der Waals surface area contributed by atoms with Crippen molar-refractivity contribution < 1.29 is 19.0 Å². The van der Waals surface area contributed by atoms with Crippen molar-refractivity contribution in [3.05, 3.63) is 29.8 Å². The molecule has 2 rings (SSSR count). The topological polar surface area (TPSA) is 44.8 Å². The Balaban J connectivity index is 1.98. The molecular formula is C12H14O4. The zero-order valence-electron chi connectivity index (χ0n) is 9.14. The second-order valence-corrected chi connectivity index (χ2v) is 3.62. The van der Waals surface area contributed by atoms with Gasteiger partial charge < -0.3 is 14.2 Å². The largest absolute Gasteiger partial charge is 0.488 e. The van der Waals surface area contributed by atoms with Crippen LogP contribution in [0.5, 0.6) is 5.75 Å². The first-order valence-electron chi connectivity index (χ1n) is 5.22. The van der Waals surface area contributed by atoms with Crippen molar-refractivity contribution in [2.75, 3.05) is 20.3 Å². The Labute approximate surface area is 94.1 Å². The van der Waals surface area contributed by atoms with Crippen LogP contribution in [0.2, 0.25) is 0 Å². The molecule has 0 unspecified atom stereocenters. The van der Waals surface area contributed by atoms with Crippen LogP contribution < -0.4 is 4.74 Å². The van der Waals surface area contributed by atoms with E-state index >= 15 is 0 Å². The summed E-state index contributed by atoms with van der Waals surface area (Å²) < 4.78 is 15.5. The first kappa shape index (κ1) is 11.0. The molecule has 0 bridgehead atoms. The summed E-state index contributed by atoms with van der Waals surface area (Å²) in [6, 6.07) is 6.92. The van der Waals surface area contributed by atoms with E-state index < -0.39 is 0 Å². The fraction of sp³-hybridized carbons (Fsp3) is 0.417. The van der Waals surface area contributed by atoms with E-state index in [1.54, 1.807) is 24.3 Å². The van der Waals surface area contributed by atoms with E-state index in [2.05, 4.69) is 4.74 Å². The summed E-state index contributed by atoms with van der Waals surface area (Å²) in [6.07, 6.45) is 1.04. The minimum Gasteiger partial charge on any atom is -0.488 e. The molecule has 1 saturated heterocycles. The monoisotopic (exact) mass is 222 g/mol. The molecule has 1 aromatic rings. The molecule has 1 aliphatic rings. The van der Waals surface area contributed by atoms with Gasteiger partial charge in [0.2, 0.25) is 0 Å². The molecule has 4 heteroatoms. The molecule has 0 amide bonds. The van der Waals surface area contributed by atoms with Crippen molar-refractivity contribution in [2.24, 2.45) is 0 Å². The smallest absolute Gasteiger partial charge is 0.337 e. The van der Waals surface area contributed by atoms with Crippen LogP contribution in [0.3, 0.4) is 0 Å². The predicted octanol–water partition coefficient (Wildman–Crippen LogP) is 1.64. The minimum absolute atomic E-state index is 0.129.